The molecule has 1 nitrogen and oxygen atoms in total. The maximum absolute atomic E-state index is 2.48. The first-order chi connectivity index (χ1) is 22.6. The molecule has 1 heteroatoms. The highest BCUT2D eigenvalue weighted by Gasteiger charge is 2.40. The Hall–Kier alpha value is -5.66. The SMILES string of the molecule is CC1(C)c2ccccc2-c2c1c1cc(-c3ccc4ccc5c(-c6ccccc6)ccc6ccc3c4c65)ccc1n2-c1ccccc1. The van der Waals surface area contributed by atoms with E-state index in [1.165, 1.54) is 93.5 Å². The Labute approximate surface area is 268 Å². The topological polar surface area (TPSA) is 4.93 Å². The van der Waals surface area contributed by atoms with Crippen LogP contribution in [0.1, 0.15) is 25.0 Å². The van der Waals surface area contributed by atoms with Crippen LogP contribution < -0.4 is 0 Å². The molecular formula is C45H31N. The lowest BCUT2D eigenvalue weighted by Crippen LogP contribution is -2.14. The first-order valence-corrected chi connectivity index (χ1v) is 16.2. The summed E-state index contributed by atoms with van der Waals surface area (Å²) in [6.07, 6.45) is 0. The summed E-state index contributed by atoms with van der Waals surface area (Å²) in [5.41, 5.74) is 12.9. The standard InChI is InChI=1S/C45H31N/c1-45(2)39-16-10-9-15-37(39)44-43(45)38-27-31(21-26-40(38)46(44)32-13-7-4-8-14-32)34-23-18-30-19-24-35-33(28-11-5-3-6-12-28)22-17-29-20-25-36(34)42(30)41(29)35/h3-27H,1-2H3. The Morgan fingerprint density at radius 2 is 1.04 bits per heavy atom. The lowest BCUT2D eigenvalue weighted by atomic mass is 9.81. The van der Waals surface area contributed by atoms with Crippen molar-refractivity contribution in [2.75, 3.05) is 0 Å². The molecule has 1 aromatic heterocycles. The molecule has 9 aromatic rings. The van der Waals surface area contributed by atoms with Crippen LogP contribution in [0.15, 0.2) is 152 Å². The second-order valence-electron chi connectivity index (χ2n) is 13.3. The highest BCUT2D eigenvalue weighted by Crippen LogP contribution is 2.54. The summed E-state index contributed by atoms with van der Waals surface area (Å²) in [7, 11) is 0. The number of para-hydroxylation sites is 1. The molecule has 1 aliphatic rings. The van der Waals surface area contributed by atoms with Crippen LogP contribution in [0.4, 0.5) is 0 Å². The Balaban J connectivity index is 1.26. The van der Waals surface area contributed by atoms with Gasteiger partial charge in [-0.15, -0.1) is 0 Å². The molecule has 216 valence electrons. The number of aromatic nitrogens is 1. The third-order valence-corrected chi connectivity index (χ3v) is 10.5. The van der Waals surface area contributed by atoms with Crippen LogP contribution in [0.5, 0.6) is 0 Å². The smallest absolute Gasteiger partial charge is 0.0584 e. The fraction of sp³-hybridized carbons (Fsp3) is 0.0667. The molecule has 10 rings (SSSR count). The van der Waals surface area contributed by atoms with Gasteiger partial charge in [0.05, 0.1) is 11.2 Å². The number of hydrogen-bond donors (Lipinski definition) is 0. The minimum absolute atomic E-state index is 0.112. The normalized spacial score (nSPS) is 13.6. The van der Waals surface area contributed by atoms with E-state index in [0.717, 1.165) is 0 Å². The molecule has 0 amide bonds. The summed E-state index contributed by atoms with van der Waals surface area (Å²) in [4.78, 5) is 0. The highest BCUT2D eigenvalue weighted by molar-refractivity contribution is 6.27. The molecule has 0 unspecified atom stereocenters. The summed E-state index contributed by atoms with van der Waals surface area (Å²) in [5.74, 6) is 0. The first-order valence-electron chi connectivity index (χ1n) is 16.2. The van der Waals surface area contributed by atoms with E-state index in [1.807, 2.05) is 0 Å². The summed E-state index contributed by atoms with van der Waals surface area (Å²) in [5, 5.41) is 9.23. The summed E-state index contributed by atoms with van der Waals surface area (Å²) < 4.78 is 2.48. The maximum atomic E-state index is 2.48. The Morgan fingerprint density at radius 3 is 1.74 bits per heavy atom. The number of nitrogens with zero attached hydrogens (tertiary/aromatic N) is 1. The lowest BCUT2D eigenvalue weighted by molar-refractivity contribution is 0.666. The van der Waals surface area contributed by atoms with Gasteiger partial charge in [-0.2, -0.15) is 0 Å². The van der Waals surface area contributed by atoms with Gasteiger partial charge in [-0.05, 0) is 90.0 Å². The van der Waals surface area contributed by atoms with E-state index in [0.29, 0.717) is 0 Å². The predicted octanol–water partition coefficient (Wildman–Crippen LogP) is 12.2. The number of rotatable bonds is 3. The molecule has 0 N–H and O–H groups in total. The third kappa shape index (κ3) is 3.35. The van der Waals surface area contributed by atoms with Gasteiger partial charge in [0, 0.05) is 22.1 Å². The van der Waals surface area contributed by atoms with E-state index in [-0.39, 0.29) is 5.41 Å². The van der Waals surface area contributed by atoms with Crippen LogP contribution in [0.2, 0.25) is 0 Å². The van der Waals surface area contributed by atoms with Gasteiger partial charge in [0.1, 0.15) is 0 Å². The van der Waals surface area contributed by atoms with Crippen molar-refractivity contribution in [2.24, 2.45) is 0 Å². The van der Waals surface area contributed by atoms with Crippen molar-refractivity contribution < 1.29 is 0 Å². The Bertz CT molecular complexity index is 2640. The van der Waals surface area contributed by atoms with E-state index >= 15 is 0 Å². The summed E-state index contributed by atoms with van der Waals surface area (Å²) in [6, 6.07) is 56.2. The zero-order chi connectivity index (χ0) is 30.6. The fourth-order valence-corrected chi connectivity index (χ4v) is 8.48. The van der Waals surface area contributed by atoms with Crippen molar-refractivity contribution in [3.8, 4) is 39.2 Å². The number of fused-ring (bicyclic) bond motifs is 5. The lowest BCUT2D eigenvalue weighted by Gasteiger charge is -2.21. The van der Waals surface area contributed by atoms with Crippen molar-refractivity contribution in [2.45, 2.75) is 19.3 Å². The van der Waals surface area contributed by atoms with Crippen molar-refractivity contribution in [3.05, 3.63) is 163 Å². The molecule has 1 heterocycles. The van der Waals surface area contributed by atoms with Gasteiger partial charge in [-0.3, -0.25) is 0 Å². The van der Waals surface area contributed by atoms with Crippen molar-refractivity contribution >= 4 is 43.2 Å². The largest absolute Gasteiger partial charge is 0.309 e. The number of hydrogen-bond acceptors (Lipinski definition) is 0. The summed E-state index contributed by atoms with van der Waals surface area (Å²) >= 11 is 0. The molecule has 0 saturated heterocycles. The average molecular weight is 586 g/mol. The highest BCUT2D eigenvalue weighted by atomic mass is 15.0. The van der Waals surface area contributed by atoms with Gasteiger partial charge in [0.15, 0.2) is 0 Å². The van der Waals surface area contributed by atoms with E-state index in [2.05, 4.69) is 170 Å². The second-order valence-corrected chi connectivity index (χ2v) is 13.3. The van der Waals surface area contributed by atoms with Crippen LogP contribution in [0, 0.1) is 0 Å². The zero-order valence-electron chi connectivity index (χ0n) is 25.9. The number of benzene rings is 8. The molecule has 0 saturated carbocycles. The van der Waals surface area contributed by atoms with Crippen molar-refractivity contribution in [1.82, 2.24) is 4.57 Å². The molecule has 0 radical (unpaired) electrons. The Kier molecular flexibility index (Phi) is 5.12. The van der Waals surface area contributed by atoms with Crippen LogP contribution in [0.3, 0.4) is 0 Å². The van der Waals surface area contributed by atoms with Crippen molar-refractivity contribution in [1.29, 1.82) is 0 Å². The molecule has 0 fully saturated rings. The van der Waals surface area contributed by atoms with E-state index in [1.54, 1.807) is 0 Å². The Morgan fingerprint density at radius 1 is 0.457 bits per heavy atom. The van der Waals surface area contributed by atoms with Crippen molar-refractivity contribution in [3.63, 3.8) is 0 Å². The molecule has 0 atom stereocenters. The molecule has 1 aliphatic carbocycles. The van der Waals surface area contributed by atoms with Gasteiger partial charge < -0.3 is 4.57 Å². The fourth-order valence-electron chi connectivity index (χ4n) is 8.48. The molecule has 0 bridgehead atoms. The monoisotopic (exact) mass is 585 g/mol. The van der Waals surface area contributed by atoms with Gasteiger partial charge in [0.2, 0.25) is 0 Å². The van der Waals surface area contributed by atoms with Gasteiger partial charge >= 0.3 is 0 Å². The summed E-state index contributed by atoms with van der Waals surface area (Å²) in [6.45, 7) is 4.78. The zero-order valence-corrected chi connectivity index (χ0v) is 25.9. The minimum atomic E-state index is -0.112. The maximum Gasteiger partial charge on any atom is 0.0584 e. The quantitative estimate of drug-likeness (QED) is 0.182. The van der Waals surface area contributed by atoms with E-state index < -0.39 is 0 Å². The van der Waals surface area contributed by atoms with Crippen LogP contribution in [-0.4, -0.2) is 4.57 Å². The molecular weight excluding hydrogens is 555 g/mol. The predicted molar refractivity (Wildman–Crippen MR) is 195 cm³/mol. The van der Waals surface area contributed by atoms with E-state index in [4.69, 9.17) is 0 Å². The second kappa shape index (κ2) is 9.19. The molecule has 0 spiro atoms. The molecule has 8 aromatic carbocycles. The van der Waals surface area contributed by atoms with E-state index in [9.17, 15) is 0 Å². The third-order valence-electron chi connectivity index (χ3n) is 10.5. The van der Waals surface area contributed by atoms with Gasteiger partial charge in [-0.25, -0.2) is 0 Å². The van der Waals surface area contributed by atoms with Gasteiger partial charge in [-0.1, -0.05) is 141 Å². The van der Waals surface area contributed by atoms with Gasteiger partial charge in [0.25, 0.3) is 0 Å². The molecule has 0 aliphatic heterocycles. The molecule has 46 heavy (non-hydrogen) atoms. The van der Waals surface area contributed by atoms with Crippen LogP contribution in [0.25, 0.3) is 82.4 Å². The minimum Gasteiger partial charge on any atom is -0.309 e. The van der Waals surface area contributed by atoms with Crippen LogP contribution in [-0.2, 0) is 5.41 Å². The average Bonchev–Trinajstić information content (AvgIpc) is 3.57. The first kappa shape index (κ1) is 25.6. The van der Waals surface area contributed by atoms with Crippen LogP contribution >= 0.6 is 0 Å².